The lowest BCUT2D eigenvalue weighted by Crippen LogP contribution is -2.11. The summed E-state index contributed by atoms with van der Waals surface area (Å²) in [6, 6.07) is 11.5. The van der Waals surface area contributed by atoms with E-state index in [0.717, 1.165) is 5.39 Å². The molecular weight excluding hydrogens is 394 g/mol. The SMILES string of the molecule is COc1ccc2oc(C(=O)Nc3nc(-c4cccc([N+](=O)[O-])c4)cs3)c(C)c2c1. The van der Waals surface area contributed by atoms with Gasteiger partial charge in [-0.25, -0.2) is 4.98 Å². The monoisotopic (exact) mass is 409 g/mol. The lowest BCUT2D eigenvalue weighted by Gasteiger charge is -2.00. The lowest BCUT2D eigenvalue weighted by atomic mass is 10.1. The molecule has 0 aliphatic carbocycles. The number of anilines is 1. The van der Waals surface area contributed by atoms with Crippen molar-refractivity contribution in [2.45, 2.75) is 6.92 Å². The number of aryl methyl sites for hydroxylation is 1. The molecule has 0 bridgehead atoms. The minimum absolute atomic E-state index is 0.0191. The summed E-state index contributed by atoms with van der Waals surface area (Å²) in [6.07, 6.45) is 0. The van der Waals surface area contributed by atoms with Crippen molar-refractivity contribution in [3.8, 4) is 17.0 Å². The predicted octanol–water partition coefficient (Wildman–Crippen LogP) is 5.03. The number of methoxy groups -OCH3 is 1. The first-order valence-electron chi connectivity index (χ1n) is 8.55. The van der Waals surface area contributed by atoms with Crippen LogP contribution in [-0.2, 0) is 0 Å². The van der Waals surface area contributed by atoms with E-state index in [4.69, 9.17) is 9.15 Å². The highest BCUT2D eigenvalue weighted by molar-refractivity contribution is 7.14. The number of nitrogens with zero attached hydrogens (tertiary/aromatic N) is 2. The Hall–Kier alpha value is -3.72. The highest BCUT2D eigenvalue weighted by Crippen LogP contribution is 2.31. The number of furan rings is 1. The molecule has 2 aromatic heterocycles. The second-order valence-corrected chi connectivity index (χ2v) is 7.08. The van der Waals surface area contributed by atoms with E-state index < -0.39 is 10.8 Å². The minimum Gasteiger partial charge on any atom is -0.497 e. The van der Waals surface area contributed by atoms with Gasteiger partial charge >= 0.3 is 0 Å². The number of nitro benzene ring substituents is 1. The summed E-state index contributed by atoms with van der Waals surface area (Å²) in [5.41, 5.74) is 2.41. The van der Waals surface area contributed by atoms with Gasteiger partial charge in [-0.1, -0.05) is 12.1 Å². The molecule has 1 N–H and O–H groups in total. The molecule has 0 unspecified atom stereocenters. The van der Waals surface area contributed by atoms with E-state index in [1.165, 1.54) is 23.5 Å². The van der Waals surface area contributed by atoms with E-state index in [1.54, 1.807) is 43.7 Å². The Bertz CT molecular complexity index is 1240. The number of hydrogen-bond acceptors (Lipinski definition) is 7. The summed E-state index contributed by atoms with van der Waals surface area (Å²) in [5, 5.41) is 16.6. The number of ether oxygens (including phenoxy) is 1. The molecule has 0 aliphatic rings. The molecule has 4 rings (SSSR count). The third-order valence-electron chi connectivity index (χ3n) is 4.43. The second-order valence-electron chi connectivity index (χ2n) is 6.22. The number of carbonyl (C=O) groups is 1. The first-order valence-corrected chi connectivity index (χ1v) is 9.43. The zero-order valence-electron chi connectivity index (χ0n) is 15.5. The van der Waals surface area contributed by atoms with Gasteiger partial charge in [0, 0.05) is 34.0 Å². The molecule has 1 amide bonds. The van der Waals surface area contributed by atoms with E-state index in [2.05, 4.69) is 10.3 Å². The molecule has 4 aromatic rings. The maximum Gasteiger partial charge on any atom is 0.293 e. The molecule has 0 saturated heterocycles. The first-order chi connectivity index (χ1) is 14.0. The zero-order valence-corrected chi connectivity index (χ0v) is 16.3. The molecule has 0 spiro atoms. The molecule has 2 heterocycles. The van der Waals surface area contributed by atoms with Crippen LogP contribution in [0.25, 0.3) is 22.2 Å². The average Bonchev–Trinajstić information content (AvgIpc) is 3.32. The van der Waals surface area contributed by atoms with Crippen LogP contribution in [0.2, 0.25) is 0 Å². The van der Waals surface area contributed by atoms with Gasteiger partial charge in [0.1, 0.15) is 11.3 Å². The standard InChI is InChI=1S/C20H15N3O5S/c1-11-15-9-14(27-2)6-7-17(15)28-18(11)19(24)22-20-21-16(10-29-20)12-4-3-5-13(8-12)23(25)26/h3-10H,1-2H3,(H,21,22,24). The Labute approximate surface area is 168 Å². The van der Waals surface area contributed by atoms with Gasteiger partial charge in [0.15, 0.2) is 10.9 Å². The van der Waals surface area contributed by atoms with Crippen molar-refractivity contribution in [3.05, 3.63) is 69.3 Å². The molecule has 8 nitrogen and oxygen atoms in total. The van der Waals surface area contributed by atoms with Crippen LogP contribution < -0.4 is 10.1 Å². The van der Waals surface area contributed by atoms with Crippen molar-refractivity contribution in [2.75, 3.05) is 12.4 Å². The number of fused-ring (bicyclic) bond motifs is 1. The van der Waals surface area contributed by atoms with Crippen molar-refractivity contribution in [2.24, 2.45) is 0 Å². The van der Waals surface area contributed by atoms with Crippen LogP contribution in [0.1, 0.15) is 16.1 Å². The number of benzene rings is 2. The molecule has 29 heavy (non-hydrogen) atoms. The van der Waals surface area contributed by atoms with Gasteiger partial charge in [0.05, 0.1) is 17.7 Å². The predicted molar refractivity (Wildman–Crippen MR) is 110 cm³/mol. The minimum atomic E-state index is -0.460. The van der Waals surface area contributed by atoms with Crippen molar-refractivity contribution >= 4 is 39.0 Å². The van der Waals surface area contributed by atoms with Gasteiger partial charge in [-0.05, 0) is 25.1 Å². The van der Waals surface area contributed by atoms with E-state index in [9.17, 15) is 14.9 Å². The summed E-state index contributed by atoms with van der Waals surface area (Å²) >= 11 is 1.23. The third kappa shape index (κ3) is 3.55. The van der Waals surface area contributed by atoms with Gasteiger partial charge in [0.25, 0.3) is 11.6 Å². The van der Waals surface area contributed by atoms with Crippen LogP contribution in [0.3, 0.4) is 0 Å². The third-order valence-corrected chi connectivity index (χ3v) is 5.18. The Morgan fingerprint density at radius 2 is 2.10 bits per heavy atom. The molecule has 9 heteroatoms. The highest BCUT2D eigenvalue weighted by atomic mass is 32.1. The van der Waals surface area contributed by atoms with Crippen LogP contribution in [0.4, 0.5) is 10.8 Å². The number of rotatable bonds is 5. The number of thiazole rings is 1. The normalized spacial score (nSPS) is 10.8. The molecular formula is C20H15N3O5S. The Balaban J connectivity index is 1.58. The van der Waals surface area contributed by atoms with Gasteiger partial charge in [-0.3, -0.25) is 20.2 Å². The Morgan fingerprint density at radius 3 is 2.86 bits per heavy atom. The maximum absolute atomic E-state index is 12.7. The molecule has 0 aliphatic heterocycles. The molecule has 146 valence electrons. The number of nitrogens with one attached hydrogen (secondary N) is 1. The van der Waals surface area contributed by atoms with Crippen molar-refractivity contribution < 1.29 is 18.9 Å². The number of non-ortho nitro benzene ring substituents is 1. The van der Waals surface area contributed by atoms with E-state index in [-0.39, 0.29) is 11.4 Å². The summed E-state index contributed by atoms with van der Waals surface area (Å²) < 4.78 is 10.9. The van der Waals surface area contributed by atoms with Crippen molar-refractivity contribution in [1.82, 2.24) is 4.98 Å². The summed E-state index contributed by atoms with van der Waals surface area (Å²) in [5.74, 6) is 0.452. The Kier molecular flexibility index (Phi) is 4.73. The lowest BCUT2D eigenvalue weighted by molar-refractivity contribution is -0.384. The number of hydrogen-bond donors (Lipinski definition) is 1. The molecule has 0 saturated carbocycles. The van der Waals surface area contributed by atoms with Crippen molar-refractivity contribution in [1.29, 1.82) is 0 Å². The quantitative estimate of drug-likeness (QED) is 0.366. The Morgan fingerprint density at radius 1 is 1.28 bits per heavy atom. The van der Waals surface area contributed by atoms with Crippen LogP contribution in [-0.4, -0.2) is 22.9 Å². The second kappa shape index (κ2) is 7.36. The fourth-order valence-electron chi connectivity index (χ4n) is 2.94. The summed E-state index contributed by atoms with van der Waals surface area (Å²) in [6.45, 7) is 1.80. The number of amides is 1. The topological polar surface area (TPSA) is 108 Å². The van der Waals surface area contributed by atoms with E-state index >= 15 is 0 Å². The molecule has 0 fully saturated rings. The van der Waals surface area contributed by atoms with Crippen LogP contribution in [0.15, 0.2) is 52.3 Å². The number of nitro groups is 1. The van der Waals surface area contributed by atoms with E-state index in [0.29, 0.717) is 33.3 Å². The first kappa shape index (κ1) is 18.6. The smallest absolute Gasteiger partial charge is 0.293 e. The van der Waals surface area contributed by atoms with Crippen LogP contribution in [0.5, 0.6) is 5.75 Å². The van der Waals surface area contributed by atoms with E-state index in [1.807, 2.05) is 6.07 Å². The van der Waals surface area contributed by atoms with Crippen LogP contribution in [0, 0.1) is 17.0 Å². The van der Waals surface area contributed by atoms with Gasteiger partial charge in [0.2, 0.25) is 0 Å². The largest absolute Gasteiger partial charge is 0.497 e. The summed E-state index contributed by atoms with van der Waals surface area (Å²) in [7, 11) is 1.57. The fraction of sp³-hybridized carbons (Fsp3) is 0.100. The average molecular weight is 409 g/mol. The molecule has 0 radical (unpaired) electrons. The van der Waals surface area contributed by atoms with Gasteiger partial charge in [-0.15, -0.1) is 11.3 Å². The number of carbonyl (C=O) groups excluding carboxylic acids is 1. The zero-order chi connectivity index (χ0) is 20.5. The molecule has 2 aromatic carbocycles. The van der Waals surface area contributed by atoms with Gasteiger partial charge in [-0.2, -0.15) is 0 Å². The maximum atomic E-state index is 12.7. The highest BCUT2D eigenvalue weighted by Gasteiger charge is 2.19. The van der Waals surface area contributed by atoms with Crippen molar-refractivity contribution in [3.63, 3.8) is 0 Å². The van der Waals surface area contributed by atoms with Gasteiger partial charge < -0.3 is 9.15 Å². The van der Waals surface area contributed by atoms with Crippen LogP contribution >= 0.6 is 11.3 Å². The summed E-state index contributed by atoms with van der Waals surface area (Å²) in [4.78, 5) is 27.5. The number of aromatic nitrogens is 1. The molecule has 0 atom stereocenters. The fourth-order valence-corrected chi connectivity index (χ4v) is 3.65.